The van der Waals surface area contributed by atoms with E-state index in [0.29, 0.717) is 0 Å². The maximum atomic E-state index is 4.64. The summed E-state index contributed by atoms with van der Waals surface area (Å²) in [5.74, 6) is 0. The van der Waals surface area contributed by atoms with Gasteiger partial charge in [-0.1, -0.05) is 18.2 Å². The summed E-state index contributed by atoms with van der Waals surface area (Å²) in [5, 5.41) is 2.51. The van der Waals surface area contributed by atoms with E-state index in [9.17, 15) is 0 Å². The van der Waals surface area contributed by atoms with Gasteiger partial charge in [0.1, 0.15) is 0 Å². The Bertz CT molecular complexity index is 376. The van der Waals surface area contributed by atoms with Gasteiger partial charge in [-0.25, -0.2) is 0 Å². The van der Waals surface area contributed by atoms with Gasteiger partial charge in [0.25, 0.3) is 0 Å². The van der Waals surface area contributed by atoms with Crippen molar-refractivity contribution in [3.63, 3.8) is 0 Å². The van der Waals surface area contributed by atoms with E-state index in [-0.39, 0.29) is 5.54 Å². The molecule has 0 radical (unpaired) electrons. The van der Waals surface area contributed by atoms with Gasteiger partial charge in [-0.3, -0.25) is 4.99 Å². The van der Waals surface area contributed by atoms with E-state index in [0.717, 1.165) is 0 Å². The zero-order valence-corrected chi connectivity index (χ0v) is 6.25. The molecule has 0 aromatic heterocycles. The molecule has 54 valence electrons. The first-order valence-electron chi connectivity index (χ1n) is 4.06. The fourth-order valence-corrected chi connectivity index (χ4v) is 1.66. The van der Waals surface area contributed by atoms with Crippen molar-refractivity contribution in [1.29, 1.82) is 0 Å². The van der Waals surface area contributed by atoms with Crippen LogP contribution in [0.2, 0.25) is 0 Å². The van der Waals surface area contributed by atoms with Gasteiger partial charge < -0.3 is 0 Å². The third kappa shape index (κ3) is 0.681. The zero-order chi connectivity index (χ0) is 7.31. The predicted molar refractivity (Wildman–Crippen MR) is 43.7 cm³/mol. The molecule has 1 heterocycles. The van der Waals surface area contributed by atoms with Crippen LogP contribution in [-0.4, -0.2) is 5.54 Å². The quantitative estimate of drug-likeness (QED) is 0.505. The molecular formula is C10H9N. The van der Waals surface area contributed by atoms with E-state index in [1.54, 1.807) is 0 Å². The smallest absolute Gasteiger partial charge is 0.0806 e. The molecule has 1 saturated carbocycles. The Morgan fingerprint density at radius 1 is 1.18 bits per heavy atom. The number of fused-ring (bicyclic) bond motifs is 1. The molecule has 3 rings (SSSR count). The Balaban J connectivity index is 2.42. The Labute approximate surface area is 65.1 Å². The molecule has 2 aliphatic rings. The number of hydrogen-bond acceptors (Lipinski definition) is 1. The molecule has 0 unspecified atom stereocenters. The number of para-hydroxylation sites is 1. The largest absolute Gasteiger partial charge is 0.274 e. The summed E-state index contributed by atoms with van der Waals surface area (Å²) in [7, 11) is 0. The van der Waals surface area contributed by atoms with Gasteiger partial charge in [0.05, 0.1) is 10.9 Å². The SMILES string of the molecule is C1=c2ccccc2=NC12CC2. The molecule has 1 spiro atoms. The van der Waals surface area contributed by atoms with Crippen LogP contribution in [0.15, 0.2) is 29.3 Å². The standard InChI is InChI=1S/C10H9N/c1-2-4-9-8(3-1)7-10(11-9)5-6-10/h1-4,7H,5-6H2. The first-order valence-corrected chi connectivity index (χ1v) is 4.06. The third-order valence-corrected chi connectivity index (χ3v) is 2.47. The number of nitrogens with zero attached hydrogens (tertiary/aromatic N) is 1. The lowest BCUT2D eigenvalue weighted by molar-refractivity contribution is 0.891. The molecule has 1 nitrogen and oxygen atoms in total. The zero-order valence-electron chi connectivity index (χ0n) is 6.25. The van der Waals surface area contributed by atoms with Crippen molar-refractivity contribution in [2.24, 2.45) is 4.99 Å². The van der Waals surface area contributed by atoms with Crippen molar-refractivity contribution in [1.82, 2.24) is 0 Å². The highest BCUT2D eigenvalue weighted by molar-refractivity contribution is 5.46. The minimum absolute atomic E-state index is 0.254. The third-order valence-electron chi connectivity index (χ3n) is 2.47. The van der Waals surface area contributed by atoms with Gasteiger partial charge in [0.2, 0.25) is 0 Å². The Morgan fingerprint density at radius 3 is 2.73 bits per heavy atom. The second-order valence-electron chi connectivity index (χ2n) is 3.42. The van der Waals surface area contributed by atoms with Crippen LogP contribution in [0.25, 0.3) is 6.08 Å². The van der Waals surface area contributed by atoms with Crippen LogP contribution in [0.4, 0.5) is 0 Å². The summed E-state index contributed by atoms with van der Waals surface area (Å²) in [4.78, 5) is 4.64. The maximum absolute atomic E-state index is 4.64. The van der Waals surface area contributed by atoms with E-state index in [1.165, 1.54) is 23.4 Å². The molecule has 0 amide bonds. The second-order valence-corrected chi connectivity index (χ2v) is 3.42. The summed E-state index contributed by atoms with van der Waals surface area (Å²) in [6.45, 7) is 0. The summed E-state index contributed by atoms with van der Waals surface area (Å²) >= 11 is 0. The first kappa shape index (κ1) is 5.53. The molecule has 0 atom stereocenters. The minimum atomic E-state index is 0.254. The summed E-state index contributed by atoms with van der Waals surface area (Å²) < 4.78 is 0. The molecule has 0 saturated heterocycles. The van der Waals surface area contributed by atoms with Crippen LogP contribution < -0.4 is 10.6 Å². The normalized spacial score (nSPS) is 22.2. The van der Waals surface area contributed by atoms with Crippen LogP contribution in [0.5, 0.6) is 0 Å². The highest BCUT2D eigenvalue weighted by Crippen LogP contribution is 2.41. The molecular weight excluding hydrogens is 134 g/mol. The molecule has 1 aromatic carbocycles. The summed E-state index contributed by atoms with van der Waals surface area (Å²) in [6, 6.07) is 8.37. The average molecular weight is 143 g/mol. The van der Waals surface area contributed by atoms with E-state index in [4.69, 9.17) is 0 Å². The Morgan fingerprint density at radius 2 is 2.00 bits per heavy atom. The van der Waals surface area contributed by atoms with Crippen LogP contribution in [0.1, 0.15) is 12.8 Å². The van der Waals surface area contributed by atoms with Gasteiger partial charge in [0.15, 0.2) is 0 Å². The molecule has 0 bridgehead atoms. The topological polar surface area (TPSA) is 12.4 Å². The molecule has 0 N–H and O–H groups in total. The van der Waals surface area contributed by atoms with E-state index in [1.807, 2.05) is 0 Å². The van der Waals surface area contributed by atoms with Gasteiger partial charge >= 0.3 is 0 Å². The average Bonchev–Trinajstić information content (AvgIpc) is 2.66. The highest BCUT2D eigenvalue weighted by atomic mass is 14.9. The molecule has 1 aromatic rings. The Kier molecular flexibility index (Phi) is 0.780. The maximum Gasteiger partial charge on any atom is 0.0806 e. The van der Waals surface area contributed by atoms with Crippen molar-refractivity contribution in [2.75, 3.05) is 0 Å². The first-order chi connectivity index (χ1) is 5.38. The number of benzene rings is 1. The monoisotopic (exact) mass is 143 g/mol. The van der Waals surface area contributed by atoms with E-state index >= 15 is 0 Å². The van der Waals surface area contributed by atoms with Gasteiger partial charge in [0, 0.05) is 0 Å². The van der Waals surface area contributed by atoms with Gasteiger partial charge in [-0.05, 0) is 30.2 Å². The predicted octanol–water partition coefficient (Wildman–Crippen LogP) is 0.633. The van der Waals surface area contributed by atoms with E-state index in [2.05, 4.69) is 35.3 Å². The molecule has 1 heteroatoms. The summed E-state index contributed by atoms with van der Waals surface area (Å²) in [6.07, 6.45) is 4.81. The molecule has 1 fully saturated rings. The lowest BCUT2D eigenvalue weighted by Gasteiger charge is -1.91. The van der Waals surface area contributed by atoms with Crippen molar-refractivity contribution in [3.05, 3.63) is 34.8 Å². The molecule has 1 aliphatic heterocycles. The minimum Gasteiger partial charge on any atom is -0.274 e. The Hall–Kier alpha value is -1.11. The van der Waals surface area contributed by atoms with Crippen LogP contribution in [0, 0.1) is 0 Å². The lowest BCUT2D eigenvalue weighted by atomic mass is 10.2. The molecule has 11 heavy (non-hydrogen) atoms. The van der Waals surface area contributed by atoms with Crippen LogP contribution in [-0.2, 0) is 0 Å². The lowest BCUT2D eigenvalue weighted by Crippen LogP contribution is -2.19. The van der Waals surface area contributed by atoms with Crippen molar-refractivity contribution in [2.45, 2.75) is 18.4 Å². The van der Waals surface area contributed by atoms with Crippen LogP contribution >= 0.6 is 0 Å². The summed E-state index contributed by atoms with van der Waals surface area (Å²) in [5.41, 5.74) is 0.254. The highest BCUT2D eigenvalue weighted by Gasteiger charge is 2.41. The second kappa shape index (κ2) is 1.55. The van der Waals surface area contributed by atoms with Crippen molar-refractivity contribution in [3.8, 4) is 0 Å². The van der Waals surface area contributed by atoms with Crippen molar-refractivity contribution >= 4 is 6.08 Å². The van der Waals surface area contributed by atoms with Crippen LogP contribution in [0.3, 0.4) is 0 Å². The fraction of sp³-hybridized carbons (Fsp3) is 0.300. The molecule has 1 aliphatic carbocycles. The van der Waals surface area contributed by atoms with E-state index < -0.39 is 0 Å². The number of rotatable bonds is 0. The van der Waals surface area contributed by atoms with Crippen molar-refractivity contribution < 1.29 is 0 Å². The fourth-order valence-electron chi connectivity index (χ4n) is 1.66. The number of hydrogen-bond donors (Lipinski definition) is 0. The van der Waals surface area contributed by atoms with Gasteiger partial charge in [-0.15, -0.1) is 0 Å². The van der Waals surface area contributed by atoms with Gasteiger partial charge in [-0.2, -0.15) is 0 Å².